The molecule has 1 rings (SSSR count). The van der Waals surface area contributed by atoms with E-state index in [1.54, 1.807) is 0 Å². The Morgan fingerprint density at radius 2 is 1.93 bits per heavy atom. The van der Waals surface area contributed by atoms with Gasteiger partial charge in [-0.15, -0.1) is 0 Å². The highest BCUT2D eigenvalue weighted by Gasteiger charge is 2.13. The van der Waals surface area contributed by atoms with Crippen molar-refractivity contribution in [2.24, 2.45) is 0 Å². The molecule has 2 nitrogen and oxygen atoms in total. The van der Waals surface area contributed by atoms with E-state index in [0.29, 0.717) is 0 Å². The number of nitriles is 1. The van der Waals surface area contributed by atoms with Gasteiger partial charge in [-0.05, 0) is 25.5 Å². The number of para-hydroxylation sites is 1. The molecule has 1 unspecified atom stereocenters. The SMILES string of the molecule is CCC(C#N)N(CC)c1ccccc1. The van der Waals surface area contributed by atoms with Crippen LogP contribution >= 0.6 is 0 Å². The zero-order valence-corrected chi connectivity index (χ0v) is 8.77. The molecule has 0 aromatic heterocycles. The van der Waals surface area contributed by atoms with E-state index in [2.05, 4.69) is 17.9 Å². The minimum atomic E-state index is -0.0117. The number of hydrogen-bond acceptors (Lipinski definition) is 2. The van der Waals surface area contributed by atoms with Crippen LogP contribution in [0.25, 0.3) is 0 Å². The topological polar surface area (TPSA) is 27.0 Å². The summed E-state index contributed by atoms with van der Waals surface area (Å²) in [4.78, 5) is 2.12. The summed E-state index contributed by atoms with van der Waals surface area (Å²) in [5.41, 5.74) is 1.13. The molecule has 0 heterocycles. The predicted octanol–water partition coefficient (Wildman–Crippen LogP) is 2.82. The van der Waals surface area contributed by atoms with Gasteiger partial charge in [0.1, 0.15) is 6.04 Å². The van der Waals surface area contributed by atoms with Crippen LogP contribution in [0.1, 0.15) is 20.3 Å². The first kappa shape index (κ1) is 10.6. The van der Waals surface area contributed by atoms with Gasteiger partial charge in [-0.1, -0.05) is 25.1 Å². The minimum absolute atomic E-state index is 0.0117. The van der Waals surface area contributed by atoms with Gasteiger partial charge in [0.15, 0.2) is 0 Å². The van der Waals surface area contributed by atoms with E-state index < -0.39 is 0 Å². The molecule has 14 heavy (non-hydrogen) atoms. The third-order valence-corrected chi connectivity index (χ3v) is 2.34. The van der Waals surface area contributed by atoms with Gasteiger partial charge >= 0.3 is 0 Å². The normalized spacial score (nSPS) is 11.8. The van der Waals surface area contributed by atoms with Gasteiger partial charge in [0.25, 0.3) is 0 Å². The number of rotatable bonds is 4. The van der Waals surface area contributed by atoms with Crippen molar-refractivity contribution in [1.82, 2.24) is 0 Å². The smallest absolute Gasteiger partial charge is 0.116 e. The van der Waals surface area contributed by atoms with Crippen LogP contribution in [0.4, 0.5) is 5.69 Å². The Morgan fingerprint density at radius 3 is 2.36 bits per heavy atom. The third kappa shape index (κ3) is 2.26. The molecule has 0 aliphatic heterocycles. The van der Waals surface area contributed by atoms with E-state index in [-0.39, 0.29) is 6.04 Å². The molecule has 0 aliphatic carbocycles. The van der Waals surface area contributed by atoms with Crippen molar-refractivity contribution >= 4 is 5.69 Å². The van der Waals surface area contributed by atoms with Crippen molar-refractivity contribution in [3.8, 4) is 6.07 Å². The van der Waals surface area contributed by atoms with Gasteiger partial charge < -0.3 is 4.90 Å². The average Bonchev–Trinajstić information content (AvgIpc) is 2.27. The van der Waals surface area contributed by atoms with Crippen LogP contribution in [0.3, 0.4) is 0 Å². The van der Waals surface area contributed by atoms with E-state index in [4.69, 9.17) is 5.26 Å². The highest BCUT2D eigenvalue weighted by Crippen LogP contribution is 2.17. The molecule has 0 saturated heterocycles. The third-order valence-electron chi connectivity index (χ3n) is 2.34. The average molecular weight is 188 g/mol. The van der Waals surface area contributed by atoms with Crippen molar-refractivity contribution in [3.63, 3.8) is 0 Å². The molecule has 0 amide bonds. The van der Waals surface area contributed by atoms with E-state index in [9.17, 15) is 0 Å². The lowest BCUT2D eigenvalue weighted by molar-refractivity contribution is 0.691. The summed E-state index contributed by atoms with van der Waals surface area (Å²) in [6.07, 6.45) is 0.860. The lowest BCUT2D eigenvalue weighted by atomic mass is 10.2. The second kappa shape index (κ2) is 5.29. The molecule has 1 atom stereocenters. The van der Waals surface area contributed by atoms with E-state index >= 15 is 0 Å². The van der Waals surface area contributed by atoms with Crippen LogP contribution in [-0.2, 0) is 0 Å². The molecule has 0 aliphatic rings. The van der Waals surface area contributed by atoms with E-state index in [1.165, 1.54) is 0 Å². The maximum Gasteiger partial charge on any atom is 0.116 e. The summed E-state index contributed by atoms with van der Waals surface area (Å²) < 4.78 is 0. The monoisotopic (exact) mass is 188 g/mol. The molecule has 0 radical (unpaired) electrons. The number of hydrogen-bond donors (Lipinski definition) is 0. The Balaban J connectivity index is 2.88. The Kier molecular flexibility index (Phi) is 4.00. The molecule has 74 valence electrons. The highest BCUT2D eigenvalue weighted by atomic mass is 15.2. The largest absolute Gasteiger partial charge is 0.356 e. The molecular weight excluding hydrogens is 172 g/mol. The molecule has 1 aromatic carbocycles. The highest BCUT2D eigenvalue weighted by molar-refractivity contribution is 5.48. The van der Waals surface area contributed by atoms with E-state index in [1.807, 2.05) is 37.3 Å². The summed E-state index contributed by atoms with van der Waals surface area (Å²) in [6, 6.07) is 12.4. The molecule has 0 fully saturated rings. The Bertz CT molecular complexity index is 300. The van der Waals surface area contributed by atoms with Crippen molar-refractivity contribution in [3.05, 3.63) is 30.3 Å². The summed E-state index contributed by atoms with van der Waals surface area (Å²) in [7, 11) is 0. The fraction of sp³-hybridized carbons (Fsp3) is 0.417. The van der Waals surface area contributed by atoms with Crippen LogP contribution in [0.5, 0.6) is 0 Å². The molecule has 0 bridgehead atoms. The molecule has 0 N–H and O–H groups in total. The lowest BCUT2D eigenvalue weighted by Crippen LogP contribution is -2.33. The Hall–Kier alpha value is -1.49. The molecule has 0 spiro atoms. The maximum absolute atomic E-state index is 9.00. The number of nitrogens with zero attached hydrogens (tertiary/aromatic N) is 2. The van der Waals surface area contributed by atoms with E-state index in [0.717, 1.165) is 18.7 Å². The lowest BCUT2D eigenvalue weighted by Gasteiger charge is -2.27. The van der Waals surface area contributed by atoms with Gasteiger partial charge in [-0.25, -0.2) is 0 Å². The fourth-order valence-electron chi connectivity index (χ4n) is 1.58. The standard InChI is InChI=1S/C12H16N2/c1-3-11(10-13)14(4-2)12-8-6-5-7-9-12/h5-9,11H,3-4H2,1-2H3. The van der Waals surface area contributed by atoms with Crippen molar-refractivity contribution < 1.29 is 0 Å². The summed E-state index contributed by atoms with van der Waals surface area (Å²) >= 11 is 0. The predicted molar refractivity (Wildman–Crippen MR) is 59.2 cm³/mol. The first-order valence-electron chi connectivity index (χ1n) is 5.04. The number of anilines is 1. The van der Waals surface area contributed by atoms with Crippen LogP contribution < -0.4 is 4.90 Å². The Morgan fingerprint density at radius 1 is 1.29 bits per heavy atom. The summed E-state index contributed by atoms with van der Waals surface area (Å²) in [5.74, 6) is 0. The zero-order valence-electron chi connectivity index (χ0n) is 8.77. The summed E-state index contributed by atoms with van der Waals surface area (Å²) in [5, 5.41) is 9.00. The second-order valence-electron chi connectivity index (χ2n) is 3.17. The van der Waals surface area contributed by atoms with Crippen molar-refractivity contribution in [2.45, 2.75) is 26.3 Å². The second-order valence-corrected chi connectivity index (χ2v) is 3.17. The van der Waals surface area contributed by atoms with Crippen LogP contribution in [-0.4, -0.2) is 12.6 Å². The van der Waals surface area contributed by atoms with Gasteiger partial charge in [0, 0.05) is 12.2 Å². The fourth-order valence-corrected chi connectivity index (χ4v) is 1.58. The minimum Gasteiger partial charge on any atom is -0.356 e. The maximum atomic E-state index is 9.00. The molecule has 1 aromatic rings. The first-order valence-corrected chi connectivity index (χ1v) is 5.04. The van der Waals surface area contributed by atoms with Gasteiger partial charge in [0.05, 0.1) is 6.07 Å². The van der Waals surface area contributed by atoms with Crippen LogP contribution in [0.2, 0.25) is 0 Å². The van der Waals surface area contributed by atoms with Crippen LogP contribution in [0.15, 0.2) is 30.3 Å². The molecule has 0 saturated carbocycles. The van der Waals surface area contributed by atoms with Crippen molar-refractivity contribution in [1.29, 1.82) is 5.26 Å². The first-order chi connectivity index (χ1) is 6.83. The Labute approximate surface area is 85.8 Å². The van der Waals surface area contributed by atoms with Crippen LogP contribution in [0, 0.1) is 11.3 Å². The summed E-state index contributed by atoms with van der Waals surface area (Å²) in [6.45, 7) is 4.99. The van der Waals surface area contributed by atoms with Crippen molar-refractivity contribution in [2.75, 3.05) is 11.4 Å². The van der Waals surface area contributed by atoms with Gasteiger partial charge in [0.2, 0.25) is 0 Å². The number of benzene rings is 1. The zero-order chi connectivity index (χ0) is 10.4. The molecule has 2 heteroatoms. The molecular formula is C12H16N2. The van der Waals surface area contributed by atoms with Gasteiger partial charge in [-0.3, -0.25) is 0 Å². The van der Waals surface area contributed by atoms with Gasteiger partial charge in [-0.2, -0.15) is 5.26 Å². The quantitative estimate of drug-likeness (QED) is 0.726.